The fraction of sp³-hybridized carbons (Fsp3) is 0.130. The van der Waals surface area contributed by atoms with E-state index in [1.807, 2.05) is 10.6 Å². The van der Waals surface area contributed by atoms with Crippen molar-refractivity contribution in [1.82, 2.24) is 9.55 Å². The first-order valence-corrected chi connectivity index (χ1v) is 11.3. The number of hydrogen-bond acceptors (Lipinski definition) is 5. The van der Waals surface area contributed by atoms with E-state index in [-0.39, 0.29) is 10.7 Å². The summed E-state index contributed by atoms with van der Waals surface area (Å²) in [5, 5.41) is 0.735. The molecule has 158 valence electrons. The van der Waals surface area contributed by atoms with Gasteiger partial charge in [0, 0.05) is 29.9 Å². The molecule has 0 aliphatic carbocycles. The van der Waals surface area contributed by atoms with Crippen molar-refractivity contribution in [2.45, 2.75) is 11.4 Å². The lowest BCUT2D eigenvalue weighted by Gasteiger charge is -2.11. The third kappa shape index (κ3) is 4.20. The zero-order valence-electron chi connectivity index (χ0n) is 16.9. The van der Waals surface area contributed by atoms with Gasteiger partial charge in [0.2, 0.25) is 0 Å². The first kappa shape index (κ1) is 20.7. The van der Waals surface area contributed by atoms with Crippen molar-refractivity contribution in [3.8, 4) is 11.4 Å². The molecule has 2 aromatic heterocycles. The molecule has 0 aliphatic rings. The number of halogens is 1. The molecule has 0 fully saturated rings. The van der Waals surface area contributed by atoms with Crippen LogP contribution in [-0.4, -0.2) is 37.3 Å². The predicted molar refractivity (Wildman–Crippen MR) is 115 cm³/mol. The minimum absolute atomic E-state index is 0.222. The van der Waals surface area contributed by atoms with E-state index < -0.39 is 15.8 Å². The third-order valence-corrected chi connectivity index (χ3v) is 6.11. The van der Waals surface area contributed by atoms with Crippen LogP contribution in [0.2, 0.25) is 0 Å². The molecule has 0 amide bonds. The van der Waals surface area contributed by atoms with E-state index in [4.69, 9.17) is 4.74 Å². The number of fused-ring (bicyclic) bond motifs is 1. The van der Waals surface area contributed by atoms with Crippen molar-refractivity contribution in [2.75, 3.05) is 13.4 Å². The van der Waals surface area contributed by atoms with Gasteiger partial charge in [0.05, 0.1) is 29.0 Å². The van der Waals surface area contributed by atoms with Crippen LogP contribution < -0.4 is 0 Å². The van der Waals surface area contributed by atoms with Gasteiger partial charge in [0.15, 0.2) is 9.84 Å². The van der Waals surface area contributed by atoms with Gasteiger partial charge < -0.3 is 9.30 Å². The molecule has 4 aromatic rings. The topological polar surface area (TPSA) is 78.3 Å². The number of hydrogen-bond donors (Lipinski definition) is 0. The Hall–Kier alpha value is -3.52. The predicted octanol–water partition coefficient (Wildman–Crippen LogP) is 4.08. The average Bonchev–Trinajstić information content (AvgIpc) is 3.12. The molecule has 4 rings (SSSR count). The second-order valence-electron chi connectivity index (χ2n) is 7.16. The Bertz CT molecular complexity index is 1380. The van der Waals surface area contributed by atoms with Gasteiger partial charge in [-0.3, -0.25) is 4.98 Å². The number of esters is 1. The third-order valence-electron chi connectivity index (χ3n) is 5.00. The number of sulfone groups is 1. The Morgan fingerprint density at radius 3 is 2.42 bits per heavy atom. The standard InChI is InChI=1S/C23H19FN2O4S/c1-30-23(27)16-5-9-20(25-13-16)22-12-17-11-19(31(2,28)29)8-10-21(17)26(22)14-15-3-6-18(24)7-4-15/h3-13H,14H2,1-2H3. The SMILES string of the molecule is COC(=O)c1ccc(-c2cc3cc(S(C)(=O)=O)ccc3n2Cc2ccc(F)cc2)nc1. The summed E-state index contributed by atoms with van der Waals surface area (Å²) in [7, 11) is -2.06. The van der Waals surface area contributed by atoms with Gasteiger partial charge in [-0.25, -0.2) is 17.6 Å². The Morgan fingerprint density at radius 1 is 1.06 bits per heavy atom. The van der Waals surface area contributed by atoms with Crippen LogP contribution in [0.3, 0.4) is 0 Å². The van der Waals surface area contributed by atoms with E-state index in [1.165, 1.54) is 25.4 Å². The highest BCUT2D eigenvalue weighted by atomic mass is 32.2. The molecule has 0 saturated heterocycles. The minimum Gasteiger partial charge on any atom is -0.465 e. The van der Waals surface area contributed by atoms with E-state index in [9.17, 15) is 17.6 Å². The maximum Gasteiger partial charge on any atom is 0.339 e. The van der Waals surface area contributed by atoms with Gasteiger partial charge in [-0.15, -0.1) is 0 Å². The van der Waals surface area contributed by atoms with Crippen LogP contribution in [0.1, 0.15) is 15.9 Å². The number of aromatic nitrogens is 2. The summed E-state index contributed by atoms with van der Waals surface area (Å²) in [6.45, 7) is 0.428. The molecule has 6 nitrogen and oxygen atoms in total. The molecule has 2 aromatic carbocycles. The van der Waals surface area contributed by atoms with Gasteiger partial charge in [-0.2, -0.15) is 0 Å². The van der Waals surface area contributed by atoms with Gasteiger partial charge in [-0.05, 0) is 54.1 Å². The quantitative estimate of drug-likeness (QED) is 0.439. The average molecular weight is 438 g/mol. The van der Waals surface area contributed by atoms with Crippen LogP contribution >= 0.6 is 0 Å². The zero-order chi connectivity index (χ0) is 22.2. The fourth-order valence-corrected chi connectivity index (χ4v) is 4.07. The molecule has 31 heavy (non-hydrogen) atoms. The smallest absolute Gasteiger partial charge is 0.339 e. The van der Waals surface area contributed by atoms with Crippen LogP contribution in [-0.2, 0) is 21.1 Å². The van der Waals surface area contributed by atoms with Crippen LogP contribution in [0.4, 0.5) is 4.39 Å². The Labute approximate surface area is 178 Å². The van der Waals surface area contributed by atoms with E-state index in [0.717, 1.165) is 28.4 Å². The Balaban J connectivity index is 1.87. The number of methoxy groups -OCH3 is 1. The molecule has 0 saturated carbocycles. The van der Waals surface area contributed by atoms with Crippen LogP contribution in [0.5, 0.6) is 0 Å². The molecular weight excluding hydrogens is 419 g/mol. The molecule has 0 aliphatic heterocycles. The molecule has 2 heterocycles. The van der Waals surface area contributed by atoms with Crippen molar-refractivity contribution in [3.63, 3.8) is 0 Å². The van der Waals surface area contributed by atoms with Crippen molar-refractivity contribution >= 4 is 26.7 Å². The molecule has 0 bridgehead atoms. The molecule has 0 spiro atoms. The van der Waals surface area contributed by atoms with Gasteiger partial charge in [0.1, 0.15) is 5.82 Å². The first-order chi connectivity index (χ1) is 14.8. The summed E-state index contributed by atoms with van der Waals surface area (Å²) in [5.41, 5.74) is 3.35. The van der Waals surface area contributed by atoms with E-state index in [0.29, 0.717) is 17.8 Å². The summed E-state index contributed by atoms with van der Waals surface area (Å²) >= 11 is 0. The van der Waals surface area contributed by atoms with Gasteiger partial charge in [-0.1, -0.05) is 12.1 Å². The van der Waals surface area contributed by atoms with Crippen molar-refractivity contribution in [3.05, 3.63) is 83.8 Å². The van der Waals surface area contributed by atoms with Gasteiger partial charge >= 0.3 is 5.97 Å². The largest absolute Gasteiger partial charge is 0.465 e. The highest BCUT2D eigenvalue weighted by molar-refractivity contribution is 7.90. The lowest BCUT2D eigenvalue weighted by Crippen LogP contribution is -2.04. The van der Waals surface area contributed by atoms with Crippen LogP contribution in [0.15, 0.2) is 71.8 Å². The normalized spacial score (nSPS) is 11.6. The van der Waals surface area contributed by atoms with Crippen LogP contribution in [0, 0.1) is 5.82 Å². The molecule has 0 unspecified atom stereocenters. The lowest BCUT2D eigenvalue weighted by molar-refractivity contribution is 0.0600. The minimum atomic E-state index is -3.36. The Kier molecular flexibility index (Phi) is 5.32. The molecule has 0 N–H and O–H groups in total. The monoisotopic (exact) mass is 438 g/mol. The number of rotatable bonds is 5. The summed E-state index contributed by atoms with van der Waals surface area (Å²) < 4.78 is 44.0. The second-order valence-corrected chi connectivity index (χ2v) is 9.17. The van der Waals surface area contributed by atoms with Crippen LogP contribution in [0.25, 0.3) is 22.3 Å². The lowest BCUT2D eigenvalue weighted by atomic mass is 10.2. The molecule has 0 atom stereocenters. The number of carbonyl (C=O) groups is 1. The molecule has 0 radical (unpaired) electrons. The van der Waals surface area contributed by atoms with Crippen molar-refractivity contribution in [1.29, 1.82) is 0 Å². The number of ether oxygens (including phenoxy) is 1. The van der Waals surface area contributed by atoms with E-state index in [2.05, 4.69) is 4.98 Å². The highest BCUT2D eigenvalue weighted by Gasteiger charge is 2.16. The maximum atomic E-state index is 13.3. The van der Waals surface area contributed by atoms with Crippen molar-refractivity contribution in [2.24, 2.45) is 0 Å². The maximum absolute atomic E-state index is 13.3. The summed E-state index contributed by atoms with van der Waals surface area (Å²) in [4.78, 5) is 16.3. The van der Waals surface area contributed by atoms with Crippen molar-refractivity contribution < 1.29 is 22.3 Å². The molecular formula is C23H19FN2O4S. The van der Waals surface area contributed by atoms with E-state index >= 15 is 0 Å². The number of carbonyl (C=O) groups excluding carboxylic acids is 1. The zero-order valence-corrected chi connectivity index (χ0v) is 17.7. The fourth-order valence-electron chi connectivity index (χ4n) is 3.42. The second kappa shape index (κ2) is 7.96. The van der Waals surface area contributed by atoms with Gasteiger partial charge in [0.25, 0.3) is 0 Å². The highest BCUT2D eigenvalue weighted by Crippen LogP contribution is 2.30. The Morgan fingerprint density at radius 2 is 1.81 bits per heavy atom. The number of pyridine rings is 1. The number of benzene rings is 2. The number of nitrogens with zero attached hydrogens (tertiary/aromatic N) is 2. The summed E-state index contributed by atoms with van der Waals surface area (Å²) in [6, 6.07) is 16.3. The first-order valence-electron chi connectivity index (χ1n) is 9.39. The summed E-state index contributed by atoms with van der Waals surface area (Å²) in [5.74, 6) is -0.803. The van der Waals surface area contributed by atoms with E-state index in [1.54, 1.807) is 42.5 Å². The summed E-state index contributed by atoms with van der Waals surface area (Å²) in [6.07, 6.45) is 2.60. The molecule has 8 heteroatoms.